The minimum Gasteiger partial charge on any atom is -0.382 e. The van der Waals surface area contributed by atoms with Gasteiger partial charge in [-0.1, -0.05) is 29.8 Å². The van der Waals surface area contributed by atoms with Crippen LogP contribution in [-0.4, -0.2) is 40.0 Å². The van der Waals surface area contributed by atoms with Crippen molar-refractivity contribution in [2.75, 3.05) is 40.0 Å². The zero-order valence-electron chi connectivity index (χ0n) is 11.6. The van der Waals surface area contributed by atoms with Crippen molar-refractivity contribution in [3.05, 3.63) is 35.4 Å². The topological polar surface area (TPSA) is 30.5 Å². The first-order valence-corrected chi connectivity index (χ1v) is 6.66. The van der Waals surface area contributed by atoms with Crippen molar-refractivity contribution >= 4 is 0 Å². The fraction of sp³-hybridized carbons (Fsp3) is 0.600. The first-order chi connectivity index (χ1) is 8.83. The maximum atomic E-state index is 5.39. The summed E-state index contributed by atoms with van der Waals surface area (Å²) >= 11 is 0. The van der Waals surface area contributed by atoms with Gasteiger partial charge < -0.3 is 14.8 Å². The minimum atomic E-state index is 0.681. The van der Waals surface area contributed by atoms with Crippen LogP contribution < -0.4 is 5.32 Å². The maximum absolute atomic E-state index is 5.39. The van der Waals surface area contributed by atoms with Gasteiger partial charge in [0.15, 0.2) is 0 Å². The highest BCUT2D eigenvalue weighted by Gasteiger charge is 1.94. The fourth-order valence-electron chi connectivity index (χ4n) is 1.77. The van der Waals surface area contributed by atoms with Gasteiger partial charge in [-0.2, -0.15) is 0 Å². The fourth-order valence-corrected chi connectivity index (χ4v) is 1.77. The highest BCUT2D eigenvalue weighted by atomic mass is 16.5. The van der Waals surface area contributed by atoms with E-state index in [1.807, 2.05) is 0 Å². The predicted molar refractivity (Wildman–Crippen MR) is 75.1 cm³/mol. The summed E-state index contributed by atoms with van der Waals surface area (Å²) < 4.78 is 10.3. The molecule has 1 N–H and O–H groups in total. The van der Waals surface area contributed by atoms with E-state index in [0.717, 1.165) is 32.5 Å². The third-order valence-electron chi connectivity index (χ3n) is 2.75. The third kappa shape index (κ3) is 7.43. The first kappa shape index (κ1) is 15.2. The Morgan fingerprint density at radius 3 is 2.78 bits per heavy atom. The number of benzene rings is 1. The van der Waals surface area contributed by atoms with E-state index in [9.17, 15) is 0 Å². The van der Waals surface area contributed by atoms with Gasteiger partial charge in [-0.15, -0.1) is 0 Å². The van der Waals surface area contributed by atoms with Gasteiger partial charge in [-0.3, -0.25) is 0 Å². The second kappa shape index (κ2) is 10.1. The molecule has 0 spiro atoms. The number of hydrogen-bond donors (Lipinski definition) is 1. The molecule has 0 aliphatic heterocycles. The van der Waals surface area contributed by atoms with Crippen LogP contribution in [0.5, 0.6) is 0 Å². The van der Waals surface area contributed by atoms with Crippen LogP contribution in [-0.2, 0) is 15.9 Å². The molecule has 0 heterocycles. The summed E-state index contributed by atoms with van der Waals surface area (Å²) in [6, 6.07) is 8.68. The Labute approximate surface area is 110 Å². The number of nitrogens with one attached hydrogen (secondary N) is 1. The standard InChI is InChI=1S/C15H25NO2/c1-14-5-3-6-15(13-14)7-9-16-8-4-10-18-12-11-17-2/h3,5-6,13,16H,4,7-12H2,1-2H3. The molecule has 1 aromatic rings. The lowest BCUT2D eigenvalue weighted by atomic mass is 10.1. The molecule has 102 valence electrons. The van der Waals surface area contributed by atoms with E-state index < -0.39 is 0 Å². The molecule has 0 saturated carbocycles. The van der Waals surface area contributed by atoms with Crippen molar-refractivity contribution in [2.24, 2.45) is 0 Å². The summed E-state index contributed by atoms with van der Waals surface area (Å²) in [7, 11) is 1.69. The SMILES string of the molecule is COCCOCCCNCCc1cccc(C)c1. The molecule has 0 fully saturated rings. The Bertz CT molecular complexity index is 315. The number of methoxy groups -OCH3 is 1. The Morgan fingerprint density at radius 1 is 1.11 bits per heavy atom. The highest BCUT2D eigenvalue weighted by molar-refractivity contribution is 5.22. The van der Waals surface area contributed by atoms with Crippen LogP contribution in [0.3, 0.4) is 0 Å². The largest absolute Gasteiger partial charge is 0.382 e. The average Bonchev–Trinajstić information content (AvgIpc) is 2.37. The van der Waals surface area contributed by atoms with Gasteiger partial charge in [0.25, 0.3) is 0 Å². The molecule has 0 amide bonds. The zero-order chi connectivity index (χ0) is 13.1. The smallest absolute Gasteiger partial charge is 0.0700 e. The molecule has 0 radical (unpaired) electrons. The predicted octanol–water partition coefficient (Wildman–Crippen LogP) is 2.18. The van der Waals surface area contributed by atoms with Crippen LogP contribution in [0.1, 0.15) is 17.5 Å². The van der Waals surface area contributed by atoms with Gasteiger partial charge in [0.2, 0.25) is 0 Å². The number of hydrogen-bond acceptors (Lipinski definition) is 3. The van der Waals surface area contributed by atoms with Crippen molar-refractivity contribution in [1.29, 1.82) is 0 Å². The van der Waals surface area contributed by atoms with E-state index in [0.29, 0.717) is 13.2 Å². The lowest BCUT2D eigenvalue weighted by molar-refractivity contribution is 0.0695. The normalized spacial score (nSPS) is 10.8. The van der Waals surface area contributed by atoms with Crippen LogP contribution in [0.2, 0.25) is 0 Å². The van der Waals surface area contributed by atoms with Crippen molar-refractivity contribution in [1.82, 2.24) is 5.32 Å². The molecule has 0 atom stereocenters. The molecular weight excluding hydrogens is 226 g/mol. The van der Waals surface area contributed by atoms with E-state index >= 15 is 0 Å². The number of ether oxygens (including phenoxy) is 2. The second-order valence-electron chi connectivity index (χ2n) is 4.45. The molecule has 0 aliphatic rings. The van der Waals surface area contributed by atoms with E-state index in [1.165, 1.54) is 11.1 Å². The summed E-state index contributed by atoms with van der Waals surface area (Å²) in [5, 5.41) is 3.43. The molecule has 3 heteroatoms. The summed E-state index contributed by atoms with van der Waals surface area (Å²) in [4.78, 5) is 0. The van der Waals surface area contributed by atoms with Gasteiger partial charge in [0.05, 0.1) is 13.2 Å². The molecular formula is C15H25NO2. The van der Waals surface area contributed by atoms with Crippen LogP contribution in [0.15, 0.2) is 24.3 Å². The van der Waals surface area contributed by atoms with Crippen molar-refractivity contribution < 1.29 is 9.47 Å². The summed E-state index contributed by atoms with van der Waals surface area (Å²) in [6.45, 7) is 6.36. The summed E-state index contributed by atoms with van der Waals surface area (Å²) in [5.74, 6) is 0. The maximum Gasteiger partial charge on any atom is 0.0700 e. The minimum absolute atomic E-state index is 0.681. The molecule has 1 rings (SSSR count). The Hall–Kier alpha value is -0.900. The zero-order valence-corrected chi connectivity index (χ0v) is 11.6. The average molecular weight is 251 g/mol. The molecule has 0 aliphatic carbocycles. The van der Waals surface area contributed by atoms with Crippen LogP contribution >= 0.6 is 0 Å². The molecule has 0 aromatic heterocycles. The van der Waals surface area contributed by atoms with Gasteiger partial charge in [0, 0.05) is 13.7 Å². The van der Waals surface area contributed by atoms with E-state index in [2.05, 4.69) is 36.5 Å². The first-order valence-electron chi connectivity index (χ1n) is 6.66. The highest BCUT2D eigenvalue weighted by Crippen LogP contribution is 2.03. The third-order valence-corrected chi connectivity index (χ3v) is 2.75. The van der Waals surface area contributed by atoms with Gasteiger partial charge in [0.1, 0.15) is 0 Å². The Morgan fingerprint density at radius 2 is 2.00 bits per heavy atom. The Kier molecular flexibility index (Phi) is 8.47. The van der Waals surface area contributed by atoms with E-state index in [-0.39, 0.29) is 0 Å². The van der Waals surface area contributed by atoms with Gasteiger partial charge in [-0.05, 0) is 38.4 Å². The van der Waals surface area contributed by atoms with Gasteiger partial charge >= 0.3 is 0 Å². The van der Waals surface area contributed by atoms with Crippen molar-refractivity contribution in [2.45, 2.75) is 19.8 Å². The van der Waals surface area contributed by atoms with Gasteiger partial charge in [-0.25, -0.2) is 0 Å². The molecule has 18 heavy (non-hydrogen) atoms. The quantitative estimate of drug-likeness (QED) is 0.647. The van der Waals surface area contributed by atoms with Crippen LogP contribution in [0.4, 0.5) is 0 Å². The lowest BCUT2D eigenvalue weighted by Gasteiger charge is -2.06. The molecule has 0 saturated heterocycles. The van der Waals surface area contributed by atoms with E-state index in [1.54, 1.807) is 7.11 Å². The molecule has 1 aromatic carbocycles. The van der Waals surface area contributed by atoms with Crippen LogP contribution in [0, 0.1) is 6.92 Å². The molecule has 3 nitrogen and oxygen atoms in total. The second-order valence-corrected chi connectivity index (χ2v) is 4.45. The van der Waals surface area contributed by atoms with Crippen LogP contribution in [0.25, 0.3) is 0 Å². The monoisotopic (exact) mass is 251 g/mol. The lowest BCUT2D eigenvalue weighted by Crippen LogP contribution is -2.20. The number of aryl methyl sites for hydroxylation is 1. The van der Waals surface area contributed by atoms with Crippen molar-refractivity contribution in [3.63, 3.8) is 0 Å². The molecule has 0 bridgehead atoms. The summed E-state index contributed by atoms with van der Waals surface area (Å²) in [5.41, 5.74) is 2.73. The van der Waals surface area contributed by atoms with Crippen molar-refractivity contribution in [3.8, 4) is 0 Å². The Balaban J connectivity index is 1.92. The van der Waals surface area contributed by atoms with E-state index in [4.69, 9.17) is 9.47 Å². The molecule has 0 unspecified atom stereocenters. The number of rotatable bonds is 10. The summed E-state index contributed by atoms with van der Waals surface area (Å²) in [6.07, 6.45) is 2.14.